The Morgan fingerprint density at radius 1 is 1.31 bits per heavy atom. The monoisotopic (exact) mass is 217 g/mol. The summed E-state index contributed by atoms with van der Waals surface area (Å²) in [5.41, 5.74) is 1.06. The molecule has 0 aliphatic rings. The third kappa shape index (κ3) is 1.69. The van der Waals surface area contributed by atoms with Gasteiger partial charge in [-0.3, -0.25) is 4.79 Å². The molecule has 1 aromatic carbocycles. The van der Waals surface area contributed by atoms with Crippen molar-refractivity contribution in [3.63, 3.8) is 0 Å². The van der Waals surface area contributed by atoms with E-state index in [4.69, 9.17) is 4.42 Å². The highest BCUT2D eigenvalue weighted by Crippen LogP contribution is 2.05. The lowest BCUT2D eigenvalue weighted by atomic mass is 10.2. The first-order valence-corrected chi connectivity index (χ1v) is 5.03. The normalized spacial score (nSPS) is 10.3. The van der Waals surface area contributed by atoms with Crippen LogP contribution in [0.3, 0.4) is 0 Å². The van der Waals surface area contributed by atoms with Crippen LogP contribution in [0.2, 0.25) is 0 Å². The SMILES string of the molecule is CCc1coc(=O)n1C(=O)c1ccccc1. The second kappa shape index (κ2) is 4.18. The van der Waals surface area contributed by atoms with Crippen molar-refractivity contribution in [3.05, 3.63) is 58.4 Å². The first-order valence-electron chi connectivity index (χ1n) is 5.03. The molecule has 0 bridgehead atoms. The summed E-state index contributed by atoms with van der Waals surface area (Å²) in [6.07, 6.45) is 1.90. The van der Waals surface area contributed by atoms with E-state index in [9.17, 15) is 9.59 Å². The zero-order valence-corrected chi connectivity index (χ0v) is 8.84. The second-order valence-electron chi connectivity index (χ2n) is 3.35. The van der Waals surface area contributed by atoms with E-state index in [0.717, 1.165) is 4.57 Å². The van der Waals surface area contributed by atoms with Crippen molar-refractivity contribution in [3.8, 4) is 0 Å². The number of hydrogen-bond donors (Lipinski definition) is 0. The summed E-state index contributed by atoms with van der Waals surface area (Å²) in [4.78, 5) is 23.4. The molecule has 0 saturated heterocycles. The Kier molecular flexibility index (Phi) is 2.72. The molecule has 0 amide bonds. The molecule has 0 radical (unpaired) electrons. The fourth-order valence-corrected chi connectivity index (χ4v) is 1.51. The molecule has 4 nitrogen and oxygen atoms in total. The topological polar surface area (TPSA) is 52.2 Å². The summed E-state index contributed by atoms with van der Waals surface area (Å²) in [5.74, 6) is -0.984. The molecule has 0 aliphatic heterocycles. The Balaban J connectivity index is 2.49. The number of carbonyl (C=O) groups is 1. The van der Waals surface area contributed by atoms with Crippen molar-refractivity contribution in [1.29, 1.82) is 0 Å². The van der Waals surface area contributed by atoms with E-state index < -0.39 is 5.76 Å². The maximum absolute atomic E-state index is 12.0. The number of benzene rings is 1. The predicted octanol–water partition coefficient (Wildman–Crippen LogP) is 1.69. The molecule has 2 aromatic rings. The number of carbonyl (C=O) groups excluding carboxylic acids is 1. The van der Waals surface area contributed by atoms with Crippen molar-refractivity contribution < 1.29 is 9.21 Å². The zero-order chi connectivity index (χ0) is 11.5. The van der Waals surface area contributed by atoms with Gasteiger partial charge in [-0.25, -0.2) is 9.36 Å². The van der Waals surface area contributed by atoms with Crippen LogP contribution in [0.4, 0.5) is 0 Å². The number of hydrogen-bond acceptors (Lipinski definition) is 3. The van der Waals surface area contributed by atoms with Gasteiger partial charge in [0.1, 0.15) is 6.26 Å². The smallest absolute Gasteiger partial charge is 0.416 e. The van der Waals surface area contributed by atoms with Crippen LogP contribution in [0.15, 0.2) is 45.8 Å². The van der Waals surface area contributed by atoms with Crippen molar-refractivity contribution in [2.24, 2.45) is 0 Å². The van der Waals surface area contributed by atoms with Crippen molar-refractivity contribution in [1.82, 2.24) is 4.57 Å². The van der Waals surface area contributed by atoms with Crippen LogP contribution in [-0.4, -0.2) is 10.5 Å². The third-order valence-corrected chi connectivity index (χ3v) is 2.35. The molecule has 0 spiro atoms. The van der Waals surface area contributed by atoms with Gasteiger partial charge in [0, 0.05) is 5.56 Å². The van der Waals surface area contributed by atoms with Gasteiger partial charge in [-0.1, -0.05) is 25.1 Å². The first-order chi connectivity index (χ1) is 7.74. The summed E-state index contributed by atoms with van der Waals surface area (Å²) >= 11 is 0. The van der Waals surface area contributed by atoms with Gasteiger partial charge in [-0.15, -0.1) is 0 Å². The summed E-state index contributed by atoms with van der Waals surface area (Å²) in [7, 11) is 0. The summed E-state index contributed by atoms with van der Waals surface area (Å²) in [6, 6.07) is 8.66. The van der Waals surface area contributed by atoms with Gasteiger partial charge in [0.25, 0.3) is 5.91 Å². The molecule has 0 aliphatic carbocycles. The quantitative estimate of drug-likeness (QED) is 0.769. The second-order valence-corrected chi connectivity index (χ2v) is 3.35. The molecule has 0 saturated carbocycles. The van der Waals surface area contributed by atoms with E-state index >= 15 is 0 Å². The fourth-order valence-electron chi connectivity index (χ4n) is 1.51. The van der Waals surface area contributed by atoms with Gasteiger partial charge in [-0.2, -0.15) is 0 Å². The van der Waals surface area contributed by atoms with Crippen molar-refractivity contribution in [2.45, 2.75) is 13.3 Å². The molecule has 0 fully saturated rings. The molecular weight excluding hydrogens is 206 g/mol. The summed E-state index contributed by atoms with van der Waals surface area (Å²) < 4.78 is 5.78. The fraction of sp³-hybridized carbons (Fsp3) is 0.167. The molecule has 0 N–H and O–H groups in total. The Hall–Kier alpha value is -2.10. The highest BCUT2D eigenvalue weighted by atomic mass is 16.4. The third-order valence-electron chi connectivity index (χ3n) is 2.35. The van der Waals surface area contributed by atoms with Crippen molar-refractivity contribution in [2.75, 3.05) is 0 Å². The average Bonchev–Trinajstić information content (AvgIpc) is 2.70. The lowest BCUT2D eigenvalue weighted by Crippen LogP contribution is -2.25. The first kappa shape index (κ1) is 10.4. The molecule has 0 unspecified atom stereocenters. The number of aryl methyl sites for hydroxylation is 1. The van der Waals surface area contributed by atoms with Gasteiger partial charge >= 0.3 is 5.76 Å². The van der Waals surface area contributed by atoms with Crippen LogP contribution in [0.5, 0.6) is 0 Å². The minimum atomic E-state index is -0.634. The van der Waals surface area contributed by atoms with Crippen LogP contribution in [0.1, 0.15) is 23.0 Å². The van der Waals surface area contributed by atoms with E-state index in [1.807, 2.05) is 13.0 Å². The average molecular weight is 217 g/mol. The van der Waals surface area contributed by atoms with E-state index in [2.05, 4.69) is 0 Å². The Bertz CT molecular complexity index is 551. The molecule has 16 heavy (non-hydrogen) atoms. The van der Waals surface area contributed by atoms with Gasteiger partial charge in [-0.05, 0) is 18.6 Å². The van der Waals surface area contributed by atoms with Crippen LogP contribution in [0.25, 0.3) is 0 Å². The minimum Gasteiger partial charge on any atom is -0.416 e. The lowest BCUT2D eigenvalue weighted by Gasteiger charge is -2.02. The Labute approximate surface area is 92.1 Å². The van der Waals surface area contributed by atoms with Crippen molar-refractivity contribution >= 4 is 5.91 Å². The number of oxazole rings is 1. The molecule has 0 atom stereocenters. The largest absolute Gasteiger partial charge is 0.426 e. The number of nitrogens with zero attached hydrogens (tertiary/aromatic N) is 1. The van der Waals surface area contributed by atoms with Gasteiger partial charge in [0.05, 0.1) is 5.69 Å². The molecule has 82 valence electrons. The van der Waals surface area contributed by atoms with Crippen LogP contribution < -0.4 is 5.76 Å². The van der Waals surface area contributed by atoms with Crippen LogP contribution in [-0.2, 0) is 6.42 Å². The number of aromatic nitrogens is 1. The highest BCUT2D eigenvalue weighted by Gasteiger charge is 2.15. The summed E-state index contributed by atoms with van der Waals surface area (Å²) in [6.45, 7) is 1.86. The van der Waals surface area contributed by atoms with Gasteiger partial charge < -0.3 is 4.42 Å². The maximum Gasteiger partial charge on any atom is 0.426 e. The van der Waals surface area contributed by atoms with Crippen LogP contribution in [0, 0.1) is 0 Å². The van der Waals surface area contributed by atoms with E-state index in [-0.39, 0.29) is 5.91 Å². The minimum absolute atomic E-state index is 0.351. The zero-order valence-electron chi connectivity index (χ0n) is 8.84. The highest BCUT2D eigenvalue weighted by molar-refractivity contribution is 5.96. The van der Waals surface area contributed by atoms with Gasteiger partial charge in [0.2, 0.25) is 0 Å². The van der Waals surface area contributed by atoms with E-state index in [0.29, 0.717) is 17.7 Å². The number of rotatable bonds is 2. The van der Waals surface area contributed by atoms with E-state index in [1.165, 1.54) is 6.26 Å². The Morgan fingerprint density at radius 3 is 2.62 bits per heavy atom. The van der Waals surface area contributed by atoms with Crippen LogP contribution >= 0.6 is 0 Å². The molecular formula is C12H11NO3. The molecule has 1 heterocycles. The summed E-state index contributed by atoms with van der Waals surface area (Å²) in [5, 5.41) is 0. The van der Waals surface area contributed by atoms with E-state index in [1.54, 1.807) is 24.3 Å². The molecule has 2 rings (SSSR count). The maximum atomic E-state index is 12.0. The van der Waals surface area contributed by atoms with Gasteiger partial charge in [0.15, 0.2) is 0 Å². The molecule has 1 aromatic heterocycles. The Morgan fingerprint density at radius 2 is 2.00 bits per heavy atom. The molecule has 4 heteroatoms. The predicted molar refractivity (Wildman–Crippen MR) is 58.5 cm³/mol. The standard InChI is InChI=1S/C12H11NO3/c1-2-10-8-16-12(15)13(10)11(14)9-6-4-3-5-7-9/h3-8H,2H2,1H3. The lowest BCUT2D eigenvalue weighted by molar-refractivity contribution is 0.0949.